The highest BCUT2D eigenvalue weighted by Gasteiger charge is 2.27. The Bertz CT molecular complexity index is 631. The number of nitrogens with one attached hydrogen (secondary N) is 1. The quantitative estimate of drug-likeness (QED) is 0.935. The Morgan fingerprint density at radius 1 is 1.29 bits per heavy atom. The minimum Gasteiger partial charge on any atom is -0.336 e. The van der Waals surface area contributed by atoms with Crippen molar-refractivity contribution < 1.29 is 4.79 Å². The number of hydrogen-bond acceptors (Lipinski definition) is 5. The van der Waals surface area contributed by atoms with Gasteiger partial charge in [-0.2, -0.15) is 0 Å². The van der Waals surface area contributed by atoms with E-state index in [1.807, 2.05) is 17.0 Å². The van der Waals surface area contributed by atoms with Gasteiger partial charge < -0.3 is 10.2 Å². The van der Waals surface area contributed by atoms with Gasteiger partial charge in [0.1, 0.15) is 5.82 Å². The predicted molar refractivity (Wildman–Crippen MR) is 78.9 cm³/mol. The molecule has 1 N–H and O–H groups in total. The van der Waals surface area contributed by atoms with Gasteiger partial charge in [0.05, 0.1) is 6.04 Å². The molecule has 3 heterocycles. The molecule has 0 aromatic carbocycles. The van der Waals surface area contributed by atoms with Crippen LogP contribution in [0.3, 0.4) is 0 Å². The van der Waals surface area contributed by atoms with Crippen molar-refractivity contribution in [2.75, 3.05) is 11.9 Å². The average molecular weight is 283 g/mol. The topological polar surface area (TPSA) is 71.0 Å². The van der Waals surface area contributed by atoms with Crippen LogP contribution in [0.1, 0.15) is 31.4 Å². The Labute approximate surface area is 123 Å². The van der Waals surface area contributed by atoms with Crippen molar-refractivity contribution in [3.8, 4) is 0 Å². The summed E-state index contributed by atoms with van der Waals surface area (Å²) in [5.41, 5.74) is 1.09. The summed E-state index contributed by atoms with van der Waals surface area (Å²) in [4.78, 5) is 26.1. The van der Waals surface area contributed by atoms with Crippen molar-refractivity contribution in [2.24, 2.45) is 0 Å². The summed E-state index contributed by atoms with van der Waals surface area (Å²) < 4.78 is 0. The normalized spacial score (nSPS) is 17.8. The highest BCUT2D eigenvalue weighted by atomic mass is 16.2. The highest BCUT2D eigenvalue weighted by molar-refractivity contribution is 5.74. The van der Waals surface area contributed by atoms with E-state index in [1.165, 1.54) is 0 Å². The molecule has 1 amide bonds. The maximum Gasteiger partial charge on any atom is 0.228 e. The van der Waals surface area contributed by atoms with Crippen LogP contribution in [0.15, 0.2) is 36.8 Å². The molecule has 6 nitrogen and oxygen atoms in total. The van der Waals surface area contributed by atoms with Gasteiger partial charge in [-0.3, -0.25) is 4.79 Å². The molecule has 2 aromatic heterocycles. The number of amides is 1. The van der Waals surface area contributed by atoms with Crippen LogP contribution in [-0.4, -0.2) is 32.3 Å². The van der Waals surface area contributed by atoms with Crippen LogP contribution in [-0.2, 0) is 4.79 Å². The molecule has 0 bridgehead atoms. The second-order valence-corrected chi connectivity index (χ2v) is 5.04. The zero-order valence-electron chi connectivity index (χ0n) is 11.9. The maximum absolute atomic E-state index is 11.7. The number of likely N-dealkylation sites (tertiary alicyclic amines) is 1. The lowest BCUT2D eigenvalue weighted by molar-refractivity contribution is -0.129. The van der Waals surface area contributed by atoms with Crippen LogP contribution in [0.5, 0.6) is 0 Å². The smallest absolute Gasteiger partial charge is 0.228 e. The number of anilines is 2. The van der Waals surface area contributed by atoms with E-state index in [2.05, 4.69) is 20.3 Å². The van der Waals surface area contributed by atoms with Crippen LogP contribution in [0.4, 0.5) is 11.8 Å². The van der Waals surface area contributed by atoms with Crippen molar-refractivity contribution in [1.82, 2.24) is 19.9 Å². The molecular formula is C15H17N5O. The van der Waals surface area contributed by atoms with Crippen molar-refractivity contribution >= 4 is 17.7 Å². The summed E-state index contributed by atoms with van der Waals surface area (Å²) >= 11 is 0. The van der Waals surface area contributed by atoms with Crippen molar-refractivity contribution in [1.29, 1.82) is 0 Å². The van der Waals surface area contributed by atoms with E-state index in [-0.39, 0.29) is 11.9 Å². The number of rotatable bonds is 3. The van der Waals surface area contributed by atoms with Gasteiger partial charge in [-0.25, -0.2) is 15.0 Å². The third kappa shape index (κ3) is 2.99. The van der Waals surface area contributed by atoms with E-state index in [4.69, 9.17) is 0 Å². The monoisotopic (exact) mass is 283 g/mol. The lowest BCUT2D eigenvalue weighted by Crippen LogP contribution is -2.28. The third-order valence-corrected chi connectivity index (χ3v) is 3.63. The summed E-state index contributed by atoms with van der Waals surface area (Å²) in [5.74, 6) is 1.32. The Hall–Kier alpha value is -2.50. The van der Waals surface area contributed by atoms with Crippen molar-refractivity contribution in [3.63, 3.8) is 0 Å². The summed E-state index contributed by atoms with van der Waals surface area (Å²) in [6, 6.07) is 5.83. The van der Waals surface area contributed by atoms with E-state index >= 15 is 0 Å². The van der Waals surface area contributed by atoms with Gasteiger partial charge in [-0.1, -0.05) is 0 Å². The zero-order chi connectivity index (χ0) is 14.7. The Balaban J connectivity index is 1.81. The summed E-state index contributed by atoms with van der Waals surface area (Å²) in [6.45, 7) is 2.45. The number of hydrogen-bond donors (Lipinski definition) is 1. The summed E-state index contributed by atoms with van der Waals surface area (Å²) in [5, 5.41) is 3.08. The first-order chi connectivity index (χ1) is 10.2. The van der Waals surface area contributed by atoms with Crippen LogP contribution in [0.2, 0.25) is 0 Å². The molecule has 1 aliphatic rings. The number of aromatic nitrogens is 3. The van der Waals surface area contributed by atoms with Crippen LogP contribution in [0, 0.1) is 0 Å². The first kappa shape index (κ1) is 13.5. The number of carbonyl (C=O) groups excluding carboxylic acids is 1. The minimum absolute atomic E-state index is 0.121. The average Bonchev–Trinajstić information content (AvgIpc) is 2.98. The second kappa shape index (κ2) is 5.87. The van der Waals surface area contributed by atoms with Gasteiger partial charge in [0.15, 0.2) is 0 Å². The number of nitrogens with zero attached hydrogens (tertiary/aromatic N) is 4. The standard InChI is InChI=1S/C15H17N5O/c1-11(21)20-9-2-4-13(20)12-5-8-16-14(10-12)19-15-17-6-3-7-18-15/h3,5-8,10,13H,2,4,9H2,1H3,(H,16,17,18,19). The van der Waals surface area contributed by atoms with Gasteiger partial charge in [0.25, 0.3) is 0 Å². The lowest BCUT2D eigenvalue weighted by atomic mass is 10.1. The lowest BCUT2D eigenvalue weighted by Gasteiger charge is -2.23. The molecule has 1 atom stereocenters. The highest BCUT2D eigenvalue weighted by Crippen LogP contribution is 2.32. The summed E-state index contributed by atoms with van der Waals surface area (Å²) in [7, 11) is 0. The minimum atomic E-state index is 0.121. The fourth-order valence-electron chi connectivity index (χ4n) is 2.69. The third-order valence-electron chi connectivity index (χ3n) is 3.63. The summed E-state index contributed by atoms with van der Waals surface area (Å²) in [6.07, 6.45) is 7.13. The van der Waals surface area contributed by atoms with E-state index in [9.17, 15) is 4.79 Å². The fourth-order valence-corrected chi connectivity index (χ4v) is 2.69. The SMILES string of the molecule is CC(=O)N1CCCC1c1ccnc(Nc2ncccn2)c1. The van der Waals surface area contributed by atoms with E-state index in [0.717, 1.165) is 24.9 Å². The van der Waals surface area contributed by atoms with Crippen LogP contribution >= 0.6 is 0 Å². The molecule has 21 heavy (non-hydrogen) atoms. The van der Waals surface area contributed by atoms with Crippen molar-refractivity contribution in [2.45, 2.75) is 25.8 Å². The van der Waals surface area contributed by atoms with E-state index < -0.39 is 0 Å². The molecule has 2 aromatic rings. The molecule has 6 heteroatoms. The van der Waals surface area contributed by atoms with E-state index in [1.54, 1.807) is 31.6 Å². The molecule has 3 rings (SSSR count). The molecular weight excluding hydrogens is 266 g/mol. The molecule has 0 radical (unpaired) electrons. The molecule has 1 fully saturated rings. The van der Waals surface area contributed by atoms with E-state index in [0.29, 0.717) is 11.8 Å². The molecule has 0 spiro atoms. The fraction of sp³-hybridized carbons (Fsp3) is 0.333. The maximum atomic E-state index is 11.7. The second-order valence-electron chi connectivity index (χ2n) is 5.04. The molecule has 1 aliphatic heterocycles. The number of pyridine rings is 1. The molecule has 0 saturated carbocycles. The Morgan fingerprint density at radius 2 is 2.10 bits per heavy atom. The van der Waals surface area contributed by atoms with Gasteiger partial charge in [-0.15, -0.1) is 0 Å². The van der Waals surface area contributed by atoms with Gasteiger partial charge in [-0.05, 0) is 36.6 Å². The molecule has 1 saturated heterocycles. The first-order valence-electron chi connectivity index (χ1n) is 7.01. The van der Waals surface area contributed by atoms with Crippen LogP contribution < -0.4 is 5.32 Å². The van der Waals surface area contributed by atoms with Gasteiger partial charge in [0.2, 0.25) is 11.9 Å². The van der Waals surface area contributed by atoms with Crippen LogP contribution in [0.25, 0.3) is 0 Å². The largest absolute Gasteiger partial charge is 0.336 e. The first-order valence-corrected chi connectivity index (χ1v) is 7.01. The molecule has 108 valence electrons. The zero-order valence-corrected chi connectivity index (χ0v) is 11.9. The predicted octanol–water partition coefficient (Wildman–Crippen LogP) is 2.30. The molecule has 1 unspecified atom stereocenters. The molecule has 0 aliphatic carbocycles. The van der Waals surface area contributed by atoms with Gasteiger partial charge in [0, 0.05) is 32.1 Å². The van der Waals surface area contributed by atoms with Gasteiger partial charge >= 0.3 is 0 Å². The Kier molecular flexibility index (Phi) is 3.77. The van der Waals surface area contributed by atoms with Crippen molar-refractivity contribution in [3.05, 3.63) is 42.4 Å². The number of carbonyl (C=O) groups is 1. The Morgan fingerprint density at radius 3 is 2.86 bits per heavy atom.